The molecule has 0 bridgehead atoms. The Labute approximate surface area is 98.4 Å². The molecule has 1 nitrogen and oxygen atoms in total. The lowest BCUT2D eigenvalue weighted by Crippen LogP contribution is -2.02. The van der Waals surface area contributed by atoms with Gasteiger partial charge in [0.1, 0.15) is 5.82 Å². The van der Waals surface area contributed by atoms with E-state index in [1.165, 1.54) is 6.07 Å². The third-order valence-electron chi connectivity index (χ3n) is 2.34. The molecule has 84 valence electrons. The maximum atomic E-state index is 13.4. The first kappa shape index (κ1) is 12.7. The molecular weight excluding hydrogens is 259 g/mol. The maximum Gasteiger partial charge on any atom is 0.130 e. The molecule has 1 atom stereocenters. The summed E-state index contributed by atoms with van der Waals surface area (Å²) in [6, 6.07) is 4.76. The summed E-state index contributed by atoms with van der Waals surface area (Å²) in [5, 5.41) is 9.79. The maximum absolute atomic E-state index is 13.4. The molecule has 0 aromatic heterocycles. The van der Waals surface area contributed by atoms with E-state index in [0.29, 0.717) is 22.4 Å². The fourth-order valence-corrected chi connectivity index (χ4v) is 1.75. The highest BCUT2D eigenvalue weighted by atomic mass is 79.9. The van der Waals surface area contributed by atoms with Crippen LogP contribution >= 0.6 is 15.9 Å². The van der Waals surface area contributed by atoms with Gasteiger partial charge >= 0.3 is 0 Å². The minimum atomic E-state index is -0.694. The third kappa shape index (κ3) is 3.92. The number of benzene rings is 1. The predicted molar refractivity (Wildman–Crippen MR) is 63.1 cm³/mol. The van der Waals surface area contributed by atoms with Gasteiger partial charge in [-0.05, 0) is 30.9 Å². The van der Waals surface area contributed by atoms with Gasteiger partial charge < -0.3 is 5.11 Å². The Morgan fingerprint density at radius 1 is 1.33 bits per heavy atom. The van der Waals surface area contributed by atoms with Gasteiger partial charge in [-0.25, -0.2) is 4.39 Å². The number of hydrogen-bond donors (Lipinski definition) is 1. The van der Waals surface area contributed by atoms with Gasteiger partial charge in [0.2, 0.25) is 0 Å². The van der Waals surface area contributed by atoms with Gasteiger partial charge in [-0.3, -0.25) is 0 Å². The molecule has 0 heterocycles. The second kappa shape index (κ2) is 5.61. The second-order valence-corrected chi connectivity index (χ2v) is 5.07. The van der Waals surface area contributed by atoms with Crippen molar-refractivity contribution < 1.29 is 9.50 Å². The van der Waals surface area contributed by atoms with Crippen LogP contribution in [0.4, 0.5) is 4.39 Å². The summed E-state index contributed by atoms with van der Waals surface area (Å²) in [5.41, 5.74) is 0.388. The van der Waals surface area contributed by atoms with Crippen LogP contribution in [0.2, 0.25) is 0 Å². The Balaban J connectivity index is 2.69. The van der Waals surface area contributed by atoms with Gasteiger partial charge in [-0.2, -0.15) is 0 Å². The number of aliphatic hydroxyl groups excluding tert-OH is 1. The summed E-state index contributed by atoms with van der Waals surface area (Å²) in [6.07, 6.45) is 0.813. The first-order valence-corrected chi connectivity index (χ1v) is 5.93. The highest BCUT2D eigenvalue weighted by molar-refractivity contribution is 9.10. The Morgan fingerprint density at radius 3 is 2.53 bits per heavy atom. The molecule has 0 fully saturated rings. The van der Waals surface area contributed by atoms with Crippen LogP contribution in [0.25, 0.3) is 0 Å². The van der Waals surface area contributed by atoms with E-state index in [2.05, 4.69) is 29.8 Å². The van der Waals surface area contributed by atoms with Crippen LogP contribution in [0.3, 0.4) is 0 Å². The molecule has 1 rings (SSSR count). The van der Waals surface area contributed by atoms with E-state index in [9.17, 15) is 9.50 Å². The SMILES string of the molecule is CC(C)CCC(O)c1ccc(Br)cc1F. The van der Waals surface area contributed by atoms with Crippen molar-refractivity contribution in [2.24, 2.45) is 5.92 Å². The number of halogens is 2. The Morgan fingerprint density at radius 2 is 2.00 bits per heavy atom. The van der Waals surface area contributed by atoms with E-state index in [4.69, 9.17) is 0 Å². The van der Waals surface area contributed by atoms with Gasteiger partial charge in [0.25, 0.3) is 0 Å². The first-order chi connectivity index (χ1) is 7.00. The van der Waals surface area contributed by atoms with E-state index < -0.39 is 6.10 Å². The Kier molecular flexibility index (Phi) is 4.74. The van der Waals surface area contributed by atoms with E-state index in [1.54, 1.807) is 12.1 Å². The van der Waals surface area contributed by atoms with Crippen LogP contribution in [-0.4, -0.2) is 5.11 Å². The summed E-state index contributed by atoms with van der Waals surface area (Å²) in [5.74, 6) is 0.179. The molecule has 0 spiro atoms. The van der Waals surface area contributed by atoms with Crippen molar-refractivity contribution in [2.75, 3.05) is 0 Å². The quantitative estimate of drug-likeness (QED) is 0.878. The lowest BCUT2D eigenvalue weighted by Gasteiger charge is -2.13. The number of rotatable bonds is 4. The standard InChI is InChI=1S/C12H16BrFO/c1-8(2)3-6-12(15)10-5-4-9(13)7-11(10)14/h4-5,7-8,12,15H,3,6H2,1-2H3. The van der Waals surface area contributed by atoms with Crippen LogP contribution in [0.15, 0.2) is 22.7 Å². The minimum Gasteiger partial charge on any atom is -0.388 e. The lowest BCUT2D eigenvalue weighted by molar-refractivity contribution is 0.155. The highest BCUT2D eigenvalue weighted by Crippen LogP contribution is 2.25. The smallest absolute Gasteiger partial charge is 0.130 e. The lowest BCUT2D eigenvalue weighted by atomic mass is 10.00. The van der Waals surface area contributed by atoms with Crippen LogP contribution in [0.1, 0.15) is 38.4 Å². The Hall–Kier alpha value is -0.410. The molecule has 1 aromatic rings. The van der Waals surface area contributed by atoms with Gasteiger partial charge in [-0.15, -0.1) is 0 Å². The highest BCUT2D eigenvalue weighted by Gasteiger charge is 2.13. The molecule has 0 radical (unpaired) electrons. The van der Waals surface area contributed by atoms with Crippen molar-refractivity contribution in [3.05, 3.63) is 34.1 Å². The topological polar surface area (TPSA) is 20.2 Å². The average molecular weight is 275 g/mol. The van der Waals surface area contributed by atoms with Crippen LogP contribution in [-0.2, 0) is 0 Å². The molecule has 15 heavy (non-hydrogen) atoms. The van der Waals surface area contributed by atoms with Crippen LogP contribution in [0, 0.1) is 11.7 Å². The van der Waals surface area contributed by atoms with Crippen molar-refractivity contribution in [1.82, 2.24) is 0 Å². The number of aliphatic hydroxyl groups is 1. The Bertz CT molecular complexity index is 325. The average Bonchev–Trinajstić information content (AvgIpc) is 2.14. The molecule has 0 aliphatic heterocycles. The first-order valence-electron chi connectivity index (χ1n) is 5.13. The summed E-state index contributed by atoms with van der Waals surface area (Å²) >= 11 is 3.19. The molecule has 0 saturated carbocycles. The zero-order chi connectivity index (χ0) is 11.4. The van der Waals surface area contributed by atoms with Crippen molar-refractivity contribution in [3.63, 3.8) is 0 Å². The fourth-order valence-electron chi connectivity index (χ4n) is 1.42. The van der Waals surface area contributed by atoms with E-state index in [0.717, 1.165) is 6.42 Å². The van der Waals surface area contributed by atoms with Gasteiger partial charge in [-0.1, -0.05) is 35.8 Å². The molecule has 1 N–H and O–H groups in total. The van der Waals surface area contributed by atoms with Gasteiger partial charge in [0.15, 0.2) is 0 Å². The fraction of sp³-hybridized carbons (Fsp3) is 0.500. The zero-order valence-electron chi connectivity index (χ0n) is 9.00. The van der Waals surface area contributed by atoms with E-state index in [1.807, 2.05) is 0 Å². The third-order valence-corrected chi connectivity index (χ3v) is 2.83. The van der Waals surface area contributed by atoms with Crippen LogP contribution < -0.4 is 0 Å². The predicted octanol–water partition coefficient (Wildman–Crippen LogP) is 4.06. The minimum absolute atomic E-state index is 0.347. The monoisotopic (exact) mass is 274 g/mol. The van der Waals surface area contributed by atoms with Gasteiger partial charge in [0, 0.05) is 10.0 Å². The van der Waals surface area contributed by atoms with Crippen LogP contribution in [0.5, 0.6) is 0 Å². The van der Waals surface area contributed by atoms with Crippen molar-refractivity contribution in [1.29, 1.82) is 0 Å². The molecule has 0 saturated heterocycles. The summed E-state index contributed by atoms with van der Waals surface area (Å²) in [4.78, 5) is 0. The molecule has 0 aliphatic carbocycles. The molecule has 0 amide bonds. The second-order valence-electron chi connectivity index (χ2n) is 4.15. The summed E-state index contributed by atoms with van der Waals surface area (Å²) < 4.78 is 14.1. The van der Waals surface area contributed by atoms with Gasteiger partial charge in [0.05, 0.1) is 6.10 Å². The molecule has 3 heteroatoms. The van der Waals surface area contributed by atoms with Crippen molar-refractivity contribution >= 4 is 15.9 Å². The summed E-state index contributed by atoms with van der Waals surface area (Å²) in [7, 11) is 0. The zero-order valence-corrected chi connectivity index (χ0v) is 10.6. The summed E-state index contributed by atoms with van der Waals surface area (Å²) in [6.45, 7) is 4.18. The van der Waals surface area contributed by atoms with Crippen molar-refractivity contribution in [2.45, 2.75) is 32.8 Å². The van der Waals surface area contributed by atoms with E-state index >= 15 is 0 Å². The number of hydrogen-bond acceptors (Lipinski definition) is 1. The largest absolute Gasteiger partial charge is 0.388 e. The van der Waals surface area contributed by atoms with Crippen molar-refractivity contribution in [3.8, 4) is 0 Å². The molecule has 1 unspecified atom stereocenters. The molecule has 0 aliphatic rings. The normalized spacial score (nSPS) is 13.2. The van der Waals surface area contributed by atoms with E-state index in [-0.39, 0.29) is 5.82 Å². The molecular formula is C12H16BrFO. The molecule has 1 aromatic carbocycles.